The maximum absolute atomic E-state index is 13.1. The predicted molar refractivity (Wildman–Crippen MR) is 79.9 cm³/mol. The molecule has 1 aliphatic rings. The Kier molecular flexibility index (Phi) is 2.72. The van der Waals surface area contributed by atoms with Gasteiger partial charge in [-0.15, -0.1) is 8.78 Å². The predicted octanol–water partition coefficient (Wildman–Crippen LogP) is 3.01. The van der Waals surface area contributed by atoms with Crippen molar-refractivity contribution in [1.29, 1.82) is 0 Å². The first-order chi connectivity index (χ1) is 10.9. The van der Waals surface area contributed by atoms with E-state index in [2.05, 4.69) is 24.4 Å². The van der Waals surface area contributed by atoms with Crippen LogP contribution in [0.25, 0.3) is 22.4 Å². The molecule has 0 radical (unpaired) electrons. The van der Waals surface area contributed by atoms with Gasteiger partial charge in [-0.05, 0) is 6.07 Å². The fourth-order valence-corrected chi connectivity index (χ4v) is 2.39. The molecule has 8 heteroatoms. The molecular formula is C15H12F2N4O2. The van der Waals surface area contributed by atoms with E-state index in [9.17, 15) is 8.78 Å². The third-order valence-corrected chi connectivity index (χ3v) is 3.52. The average molecular weight is 318 g/mol. The van der Waals surface area contributed by atoms with E-state index in [1.165, 1.54) is 12.1 Å². The number of hydrogen-bond donors (Lipinski definition) is 1. The molecule has 1 aliphatic heterocycles. The highest BCUT2D eigenvalue weighted by atomic mass is 19.3. The van der Waals surface area contributed by atoms with E-state index < -0.39 is 6.29 Å². The normalized spacial score (nSPS) is 15.1. The van der Waals surface area contributed by atoms with E-state index in [0.29, 0.717) is 16.9 Å². The summed E-state index contributed by atoms with van der Waals surface area (Å²) < 4.78 is 35.0. The zero-order chi connectivity index (χ0) is 16.2. The summed E-state index contributed by atoms with van der Waals surface area (Å²) in [6.07, 6.45) is -0.210. The third kappa shape index (κ3) is 2.32. The minimum absolute atomic E-state index is 0.0159. The van der Waals surface area contributed by atoms with Gasteiger partial charge in [0.1, 0.15) is 5.82 Å². The van der Waals surface area contributed by atoms with Crippen molar-refractivity contribution in [1.82, 2.24) is 15.0 Å². The van der Waals surface area contributed by atoms with E-state index >= 15 is 0 Å². The maximum Gasteiger partial charge on any atom is 0.586 e. The Morgan fingerprint density at radius 1 is 1.09 bits per heavy atom. The molecule has 1 N–H and O–H groups in total. The number of nitrogens with zero attached hydrogens (tertiary/aromatic N) is 3. The number of halogens is 2. The van der Waals surface area contributed by atoms with Crippen LogP contribution in [0.1, 0.15) is 0 Å². The molecule has 3 aromatic rings. The molecule has 0 unspecified atom stereocenters. The van der Waals surface area contributed by atoms with E-state index in [-0.39, 0.29) is 11.5 Å². The highest BCUT2D eigenvalue weighted by molar-refractivity contribution is 5.83. The van der Waals surface area contributed by atoms with Gasteiger partial charge in [-0.2, -0.15) is 0 Å². The van der Waals surface area contributed by atoms with Crippen molar-refractivity contribution in [3.05, 3.63) is 30.6 Å². The standard InChI is InChI=1S/C15H12F2N4O2/c1-21(2)9-3-8(6-18-7-9)14-19-10-4-12-13(5-11(10)20-14)23-15(16,17)22-12/h3-7H,1-2H3,(H,19,20). The number of ether oxygens (including phenoxy) is 2. The Morgan fingerprint density at radius 2 is 1.83 bits per heavy atom. The Bertz CT molecular complexity index is 863. The molecule has 0 atom stereocenters. The fourth-order valence-electron chi connectivity index (χ4n) is 2.39. The molecule has 118 valence electrons. The van der Waals surface area contributed by atoms with Gasteiger partial charge in [0.15, 0.2) is 11.5 Å². The van der Waals surface area contributed by atoms with E-state index in [0.717, 1.165) is 11.3 Å². The van der Waals surface area contributed by atoms with E-state index in [1.807, 2.05) is 25.1 Å². The highest BCUT2D eigenvalue weighted by Gasteiger charge is 2.43. The number of hydrogen-bond acceptors (Lipinski definition) is 5. The van der Waals surface area contributed by atoms with Crippen LogP contribution < -0.4 is 14.4 Å². The first kappa shape index (κ1) is 13.7. The van der Waals surface area contributed by atoms with Crippen molar-refractivity contribution in [3.8, 4) is 22.9 Å². The summed E-state index contributed by atoms with van der Waals surface area (Å²) in [6.45, 7) is 0. The van der Waals surface area contributed by atoms with Crippen molar-refractivity contribution >= 4 is 16.7 Å². The third-order valence-electron chi connectivity index (χ3n) is 3.52. The summed E-state index contributed by atoms with van der Waals surface area (Å²) in [5.41, 5.74) is 2.81. The molecular weight excluding hydrogens is 306 g/mol. The largest absolute Gasteiger partial charge is 0.586 e. The van der Waals surface area contributed by atoms with Gasteiger partial charge in [-0.25, -0.2) is 4.98 Å². The number of rotatable bonds is 2. The number of anilines is 1. The van der Waals surface area contributed by atoms with Gasteiger partial charge in [0, 0.05) is 38.0 Å². The van der Waals surface area contributed by atoms with Crippen molar-refractivity contribution in [2.45, 2.75) is 6.29 Å². The second-order valence-corrected chi connectivity index (χ2v) is 5.40. The van der Waals surface area contributed by atoms with Crippen LogP contribution in [0.4, 0.5) is 14.5 Å². The molecule has 23 heavy (non-hydrogen) atoms. The van der Waals surface area contributed by atoms with Crippen LogP contribution in [0, 0.1) is 0 Å². The zero-order valence-corrected chi connectivity index (χ0v) is 12.3. The second kappa shape index (κ2) is 4.55. The SMILES string of the molecule is CN(C)c1cncc(-c2nc3cc4c(cc3[nH]2)OC(F)(F)O4)c1. The molecule has 0 amide bonds. The van der Waals surface area contributed by atoms with Crippen molar-refractivity contribution < 1.29 is 18.3 Å². The summed E-state index contributed by atoms with van der Waals surface area (Å²) in [4.78, 5) is 13.6. The van der Waals surface area contributed by atoms with Crippen molar-refractivity contribution in [3.63, 3.8) is 0 Å². The van der Waals surface area contributed by atoms with Crippen LogP contribution >= 0.6 is 0 Å². The molecule has 0 saturated carbocycles. The lowest BCUT2D eigenvalue weighted by Gasteiger charge is -2.11. The maximum atomic E-state index is 13.1. The molecule has 0 spiro atoms. The van der Waals surface area contributed by atoms with Crippen LogP contribution in [0.3, 0.4) is 0 Å². The second-order valence-electron chi connectivity index (χ2n) is 5.40. The number of aromatic amines is 1. The Labute approximate surface area is 129 Å². The van der Waals surface area contributed by atoms with Gasteiger partial charge in [-0.1, -0.05) is 0 Å². The van der Waals surface area contributed by atoms with Crippen LogP contribution in [0.5, 0.6) is 11.5 Å². The minimum Gasteiger partial charge on any atom is -0.395 e. The summed E-state index contributed by atoms with van der Waals surface area (Å²) in [5.74, 6) is 0.546. The number of fused-ring (bicyclic) bond motifs is 2. The Balaban J connectivity index is 1.78. The zero-order valence-electron chi connectivity index (χ0n) is 12.3. The molecule has 6 nitrogen and oxygen atoms in total. The molecule has 0 fully saturated rings. The number of pyridine rings is 1. The number of H-pyrrole nitrogens is 1. The molecule has 2 aromatic heterocycles. The van der Waals surface area contributed by atoms with Gasteiger partial charge in [0.05, 0.1) is 22.9 Å². The van der Waals surface area contributed by atoms with Gasteiger partial charge < -0.3 is 19.4 Å². The quantitative estimate of drug-likeness (QED) is 0.787. The number of imidazole rings is 1. The lowest BCUT2D eigenvalue weighted by Crippen LogP contribution is -2.25. The number of nitrogens with one attached hydrogen (secondary N) is 1. The summed E-state index contributed by atoms with van der Waals surface area (Å²) in [7, 11) is 3.83. The van der Waals surface area contributed by atoms with Crippen molar-refractivity contribution in [2.24, 2.45) is 0 Å². The van der Waals surface area contributed by atoms with Crippen LogP contribution in [-0.2, 0) is 0 Å². The van der Waals surface area contributed by atoms with Gasteiger partial charge >= 0.3 is 6.29 Å². The van der Waals surface area contributed by atoms with Crippen LogP contribution in [0.15, 0.2) is 30.6 Å². The monoisotopic (exact) mass is 318 g/mol. The Hall–Kier alpha value is -2.90. The first-order valence-corrected chi connectivity index (χ1v) is 6.84. The molecule has 0 aliphatic carbocycles. The average Bonchev–Trinajstić information content (AvgIpc) is 3.02. The fraction of sp³-hybridized carbons (Fsp3) is 0.200. The van der Waals surface area contributed by atoms with Gasteiger partial charge in [0.25, 0.3) is 0 Å². The van der Waals surface area contributed by atoms with E-state index in [4.69, 9.17) is 0 Å². The number of alkyl halides is 2. The number of benzene rings is 1. The molecule has 0 saturated heterocycles. The van der Waals surface area contributed by atoms with Crippen LogP contribution in [-0.4, -0.2) is 35.3 Å². The lowest BCUT2D eigenvalue weighted by atomic mass is 10.2. The van der Waals surface area contributed by atoms with Crippen LogP contribution in [0.2, 0.25) is 0 Å². The smallest absolute Gasteiger partial charge is 0.395 e. The van der Waals surface area contributed by atoms with Gasteiger partial charge in [0.2, 0.25) is 0 Å². The molecule has 4 rings (SSSR count). The van der Waals surface area contributed by atoms with Gasteiger partial charge in [-0.3, -0.25) is 4.98 Å². The summed E-state index contributed by atoms with van der Waals surface area (Å²) >= 11 is 0. The Morgan fingerprint density at radius 3 is 2.57 bits per heavy atom. The highest BCUT2D eigenvalue weighted by Crippen LogP contribution is 2.43. The van der Waals surface area contributed by atoms with E-state index in [1.54, 1.807) is 12.4 Å². The first-order valence-electron chi connectivity index (χ1n) is 6.84. The minimum atomic E-state index is -3.63. The lowest BCUT2D eigenvalue weighted by molar-refractivity contribution is -0.286. The summed E-state index contributed by atoms with van der Waals surface area (Å²) in [5, 5.41) is 0. The number of aromatic nitrogens is 3. The summed E-state index contributed by atoms with van der Waals surface area (Å²) in [6, 6.07) is 4.81. The molecule has 3 heterocycles. The molecule has 1 aromatic carbocycles. The van der Waals surface area contributed by atoms with Crippen molar-refractivity contribution in [2.75, 3.05) is 19.0 Å². The topological polar surface area (TPSA) is 63.3 Å². The molecule has 0 bridgehead atoms.